The van der Waals surface area contributed by atoms with Crippen LogP contribution in [0.15, 0.2) is 30.3 Å². The van der Waals surface area contributed by atoms with E-state index in [0.29, 0.717) is 12.2 Å². The Bertz CT molecular complexity index is 681. The van der Waals surface area contributed by atoms with Gasteiger partial charge in [0.1, 0.15) is 0 Å². The molecule has 0 atom stereocenters. The first kappa shape index (κ1) is 15.0. The molecule has 0 saturated heterocycles. The predicted octanol–water partition coefficient (Wildman–Crippen LogP) is 3.20. The molecule has 1 heterocycles. The molecule has 0 fully saturated rings. The zero-order chi connectivity index (χ0) is 15.4. The molecule has 0 radical (unpaired) electrons. The lowest BCUT2D eigenvalue weighted by molar-refractivity contribution is -0.384. The third kappa shape index (κ3) is 4.03. The van der Waals surface area contributed by atoms with E-state index in [2.05, 4.69) is 5.32 Å². The number of nitro benzene ring substituents is 1. The van der Waals surface area contributed by atoms with Crippen molar-refractivity contribution < 1.29 is 14.8 Å². The molecule has 6 nitrogen and oxygen atoms in total. The lowest BCUT2D eigenvalue weighted by atomic mass is 10.2. The maximum atomic E-state index is 10.8. The molecule has 0 spiro atoms. The smallest absolute Gasteiger partial charge is 0.308 e. The van der Waals surface area contributed by atoms with Gasteiger partial charge in [0.25, 0.3) is 5.69 Å². The number of carboxylic acids is 1. The SMILES string of the molecule is Cc1ccc([N+](=O)[O-])cc1NCc1ccc(CC(=O)O)s1. The summed E-state index contributed by atoms with van der Waals surface area (Å²) < 4.78 is 0. The molecule has 2 N–H and O–H groups in total. The lowest BCUT2D eigenvalue weighted by Crippen LogP contribution is -2.00. The normalized spacial score (nSPS) is 10.3. The highest BCUT2D eigenvalue weighted by Crippen LogP contribution is 2.24. The number of hydrogen-bond donors (Lipinski definition) is 2. The van der Waals surface area contributed by atoms with Crippen LogP contribution in [0.5, 0.6) is 0 Å². The molecule has 7 heteroatoms. The fraction of sp³-hybridized carbons (Fsp3) is 0.214. The van der Waals surface area contributed by atoms with Crippen LogP contribution in [0.1, 0.15) is 15.3 Å². The van der Waals surface area contributed by atoms with Crippen LogP contribution >= 0.6 is 11.3 Å². The molecule has 21 heavy (non-hydrogen) atoms. The van der Waals surface area contributed by atoms with Gasteiger partial charge in [0.15, 0.2) is 0 Å². The van der Waals surface area contributed by atoms with Crippen molar-refractivity contribution >= 4 is 28.7 Å². The molecule has 0 aliphatic rings. The van der Waals surface area contributed by atoms with Crippen molar-refractivity contribution in [3.8, 4) is 0 Å². The highest BCUT2D eigenvalue weighted by molar-refractivity contribution is 7.12. The standard InChI is InChI=1S/C14H14N2O4S/c1-9-2-3-10(16(19)20)6-13(9)15-8-12-5-4-11(21-12)7-14(17)18/h2-6,15H,7-8H2,1H3,(H,17,18). The number of benzene rings is 1. The van der Waals surface area contributed by atoms with E-state index in [1.165, 1.54) is 23.5 Å². The van der Waals surface area contributed by atoms with Gasteiger partial charge in [-0.3, -0.25) is 14.9 Å². The summed E-state index contributed by atoms with van der Waals surface area (Å²) in [5, 5.41) is 22.6. The van der Waals surface area contributed by atoms with Gasteiger partial charge in [0.2, 0.25) is 0 Å². The number of nitrogens with zero attached hydrogens (tertiary/aromatic N) is 1. The summed E-state index contributed by atoms with van der Waals surface area (Å²) in [6.45, 7) is 2.38. The highest BCUT2D eigenvalue weighted by atomic mass is 32.1. The number of carboxylic acid groups (broad SMARTS) is 1. The number of nitro groups is 1. The summed E-state index contributed by atoms with van der Waals surface area (Å²) in [6, 6.07) is 8.32. The minimum Gasteiger partial charge on any atom is -0.481 e. The monoisotopic (exact) mass is 306 g/mol. The van der Waals surface area contributed by atoms with Gasteiger partial charge in [-0.15, -0.1) is 11.3 Å². The van der Waals surface area contributed by atoms with Gasteiger partial charge in [-0.05, 0) is 24.6 Å². The number of nitrogens with one attached hydrogen (secondary N) is 1. The summed E-state index contributed by atoms with van der Waals surface area (Å²) in [4.78, 5) is 22.7. The van der Waals surface area contributed by atoms with Gasteiger partial charge >= 0.3 is 5.97 Å². The zero-order valence-electron chi connectivity index (χ0n) is 11.3. The Balaban J connectivity index is 2.05. The quantitative estimate of drug-likeness (QED) is 0.631. The Kier molecular flexibility index (Phi) is 4.54. The number of aliphatic carboxylic acids is 1. The van der Waals surface area contributed by atoms with E-state index in [1.807, 2.05) is 13.0 Å². The van der Waals surface area contributed by atoms with Gasteiger partial charge < -0.3 is 10.4 Å². The van der Waals surface area contributed by atoms with Crippen molar-refractivity contribution in [2.45, 2.75) is 19.9 Å². The molecule has 0 amide bonds. The van der Waals surface area contributed by atoms with Gasteiger partial charge in [0.05, 0.1) is 11.3 Å². The Hall–Kier alpha value is -2.41. The van der Waals surface area contributed by atoms with Crippen molar-refractivity contribution in [1.29, 1.82) is 0 Å². The minimum absolute atomic E-state index is 0.0144. The van der Waals surface area contributed by atoms with Gasteiger partial charge in [-0.1, -0.05) is 6.07 Å². The fourth-order valence-electron chi connectivity index (χ4n) is 1.86. The van der Waals surface area contributed by atoms with Crippen molar-refractivity contribution in [3.63, 3.8) is 0 Å². The first-order chi connectivity index (χ1) is 9.95. The summed E-state index contributed by atoms with van der Waals surface area (Å²) in [5.41, 5.74) is 1.67. The molecule has 110 valence electrons. The molecule has 0 aliphatic carbocycles. The van der Waals surface area contributed by atoms with Crippen molar-refractivity contribution in [3.05, 3.63) is 55.8 Å². The van der Waals surface area contributed by atoms with Crippen molar-refractivity contribution in [2.24, 2.45) is 0 Å². The molecular weight excluding hydrogens is 292 g/mol. The summed E-state index contributed by atoms with van der Waals surface area (Å²) in [7, 11) is 0. The summed E-state index contributed by atoms with van der Waals surface area (Å²) in [5.74, 6) is -0.856. The molecule has 2 aromatic rings. The number of non-ortho nitro benzene ring substituents is 1. The van der Waals surface area contributed by atoms with E-state index in [4.69, 9.17) is 5.11 Å². The van der Waals surface area contributed by atoms with Crippen molar-refractivity contribution in [1.82, 2.24) is 0 Å². The number of thiophene rings is 1. The van der Waals surface area contributed by atoms with Crippen LogP contribution in [0.4, 0.5) is 11.4 Å². The average molecular weight is 306 g/mol. The average Bonchev–Trinajstić information content (AvgIpc) is 2.84. The number of rotatable bonds is 6. The molecule has 0 aliphatic heterocycles. The number of carbonyl (C=O) groups is 1. The number of anilines is 1. The van der Waals surface area contributed by atoms with Gasteiger partial charge in [-0.25, -0.2) is 0 Å². The largest absolute Gasteiger partial charge is 0.481 e. The Morgan fingerprint density at radius 2 is 2.05 bits per heavy atom. The molecular formula is C14H14N2O4S. The second kappa shape index (κ2) is 6.36. The van der Waals surface area contributed by atoms with E-state index in [9.17, 15) is 14.9 Å². The van der Waals surface area contributed by atoms with Crippen LogP contribution in [0.3, 0.4) is 0 Å². The predicted molar refractivity (Wildman–Crippen MR) is 80.8 cm³/mol. The number of hydrogen-bond acceptors (Lipinski definition) is 5. The maximum Gasteiger partial charge on any atom is 0.308 e. The van der Waals surface area contributed by atoms with Crippen LogP contribution in [0.2, 0.25) is 0 Å². The van der Waals surface area contributed by atoms with Gasteiger partial charge in [-0.2, -0.15) is 0 Å². The third-order valence-electron chi connectivity index (χ3n) is 2.93. The van der Waals surface area contributed by atoms with E-state index in [1.54, 1.807) is 12.1 Å². The Morgan fingerprint density at radius 3 is 2.71 bits per heavy atom. The molecule has 1 aromatic carbocycles. The van der Waals surface area contributed by atoms with E-state index in [0.717, 1.165) is 15.3 Å². The second-order valence-electron chi connectivity index (χ2n) is 4.55. The van der Waals surface area contributed by atoms with Crippen LogP contribution in [0.25, 0.3) is 0 Å². The van der Waals surface area contributed by atoms with Crippen LogP contribution in [0, 0.1) is 17.0 Å². The van der Waals surface area contributed by atoms with Crippen LogP contribution in [-0.2, 0) is 17.8 Å². The van der Waals surface area contributed by atoms with E-state index < -0.39 is 10.9 Å². The van der Waals surface area contributed by atoms with E-state index >= 15 is 0 Å². The Morgan fingerprint density at radius 1 is 1.33 bits per heavy atom. The zero-order valence-corrected chi connectivity index (χ0v) is 12.1. The topological polar surface area (TPSA) is 92.5 Å². The third-order valence-corrected chi connectivity index (χ3v) is 4.01. The first-order valence-electron chi connectivity index (χ1n) is 6.24. The highest BCUT2D eigenvalue weighted by Gasteiger charge is 2.09. The maximum absolute atomic E-state index is 10.8. The first-order valence-corrected chi connectivity index (χ1v) is 7.05. The van der Waals surface area contributed by atoms with Crippen LogP contribution < -0.4 is 5.32 Å². The summed E-state index contributed by atoms with van der Waals surface area (Å²) >= 11 is 1.42. The molecule has 2 rings (SSSR count). The molecule has 0 bridgehead atoms. The van der Waals surface area contributed by atoms with Crippen LogP contribution in [-0.4, -0.2) is 16.0 Å². The Labute approximate surface area is 125 Å². The molecule has 0 unspecified atom stereocenters. The molecule has 1 aromatic heterocycles. The van der Waals surface area contributed by atoms with E-state index in [-0.39, 0.29) is 12.1 Å². The second-order valence-corrected chi connectivity index (χ2v) is 5.80. The lowest BCUT2D eigenvalue weighted by Gasteiger charge is -2.08. The minimum atomic E-state index is -0.856. The fourth-order valence-corrected chi connectivity index (χ4v) is 2.81. The summed E-state index contributed by atoms with van der Waals surface area (Å²) in [6.07, 6.45) is 0.0144. The molecule has 0 saturated carbocycles. The number of aryl methyl sites for hydroxylation is 1. The van der Waals surface area contributed by atoms with Gasteiger partial charge in [0, 0.05) is 34.1 Å². The van der Waals surface area contributed by atoms with Crippen molar-refractivity contribution in [2.75, 3.05) is 5.32 Å².